The van der Waals surface area contributed by atoms with Gasteiger partial charge in [0.2, 0.25) is 5.91 Å². The Morgan fingerprint density at radius 3 is 2.82 bits per heavy atom. The average molecular weight is 341 g/mol. The zero-order valence-corrected chi connectivity index (χ0v) is 11.8. The van der Waals surface area contributed by atoms with Crippen LogP contribution in [0.4, 0.5) is 0 Å². The van der Waals surface area contributed by atoms with E-state index < -0.39 is 0 Å². The van der Waals surface area contributed by atoms with E-state index in [9.17, 15) is 4.79 Å². The Balaban J connectivity index is 1.83. The second-order valence-corrected chi connectivity index (χ2v) is 5.62. The molecule has 90 valence electrons. The Bertz CT molecular complexity index is 402. The van der Waals surface area contributed by atoms with Crippen molar-refractivity contribution in [3.63, 3.8) is 0 Å². The van der Waals surface area contributed by atoms with Crippen LogP contribution in [0.5, 0.6) is 0 Å². The Hall–Kier alpha value is -0.840. The fourth-order valence-electron chi connectivity index (χ4n) is 1.98. The van der Waals surface area contributed by atoms with E-state index in [2.05, 4.69) is 40.1 Å². The molecule has 2 rings (SSSR count). The van der Waals surface area contributed by atoms with Crippen molar-refractivity contribution >= 4 is 28.5 Å². The molecule has 0 heterocycles. The number of hydrogen-bond acceptors (Lipinski definition) is 1. The molecule has 1 aromatic rings. The maximum atomic E-state index is 12.0. The van der Waals surface area contributed by atoms with Crippen LogP contribution in [0.2, 0.25) is 0 Å². The van der Waals surface area contributed by atoms with Gasteiger partial charge in [-0.15, -0.1) is 0 Å². The van der Waals surface area contributed by atoms with Crippen molar-refractivity contribution in [3.05, 3.63) is 48.0 Å². The van der Waals surface area contributed by atoms with E-state index >= 15 is 0 Å². The summed E-state index contributed by atoms with van der Waals surface area (Å²) in [5, 5.41) is 3.00. The highest BCUT2D eigenvalue weighted by Gasteiger charge is 2.24. The number of amides is 1. The van der Waals surface area contributed by atoms with Crippen molar-refractivity contribution in [1.82, 2.24) is 5.32 Å². The quantitative estimate of drug-likeness (QED) is 0.509. The molecule has 2 nitrogen and oxygen atoms in total. The summed E-state index contributed by atoms with van der Waals surface area (Å²) in [5.74, 6) is 0.553. The number of carbonyl (C=O) groups excluding carboxylic acids is 1. The molecule has 0 radical (unpaired) electrons. The van der Waals surface area contributed by atoms with Crippen LogP contribution in [0, 0.1) is 5.92 Å². The zero-order chi connectivity index (χ0) is 12.1. The molecule has 1 N–H and O–H groups in total. The molecular formula is C14H16INO. The van der Waals surface area contributed by atoms with Crippen LogP contribution < -0.4 is 5.32 Å². The summed E-state index contributed by atoms with van der Waals surface area (Å²) >= 11 is 2.25. The predicted molar refractivity (Wildman–Crippen MR) is 78.0 cm³/mol. The number of rotatable bonds is 4. The lowest BCUT2D eigenvalue weighted by Crippen LogP contribution is -2.34. The Labute approximate surface area is 116 Å². The Morgan fingerprint density at radius 1 is 1.41 bits per heavy atom. The van der Waals surface area contributed by atoms with Gasteiger partial charge in [0.05, 0.1) is 3.92 Å². The monoisotopic (exact) mass is 341 g/mol. The molecule has 0 aliphatic heterocycles. The number of hydrogen-bond donors (Lipinski definition) is 1. The standard InChI is InChI=1S/C14H16INO/c15-13(12-8-4-5-9-12)14(17)16-10-11-6-2-1-3-7-11/h1-4,6-8,12-13H,5,9-10H2,(H,16,17)/t12-,13-/m1/s1. The van der Waals surface area contributed by atoms with E-state index in [0.717, 1.165) is 18.4 Å². The van der Waals surface area contributed by atoms with Gasteiger partial charge in [0.15, 0.2) is 0 Å². The number of nitrogens with one attached hydrogen (secondary N) is 1. The van der Waals surface area contributed by atoms with E-state index in [1.54, 1.807) is 0 Å². The summed E-state index contributed by atoms with van der Waals surface area (Å²) < 4.78 is 0.0510. The minimum Gasteiger partial charge on any atom is -0.351 e. The minimum absolute atomic E-state index is 0.0510. The van der Waals surface area contributed by atoms with Crippen molar-refractivity contribution in [1.29, 1.82) is 0 Å². The first-order valence-corrected chi connectivity index (χ1v) is 7.14. The molecule has 0 spiro atoms. The normalized spacial score (nSPS) is 20.2. The summed E-state index contributed by atoms with van der Waals surface area (Å²) in [7, 11) is 0. The van der Waals surface area contributed by atoms with E-state index in [0.29, 0.717) is 12.5 Å². The first-order chi connectivity index (χ1) is 8.27. The SMILES string of the molecule is O=C(NCc1ccccc1)[C@H](I)[C@@H]1C=CCC1. The van der Waals surface area contributed by atoms with Gasteiger partial charge in [-0.3, -0.25) is 4.79 Å². The predicted octanol–water partition coefficient (Wildman–Crippen LogP) is 3.07. The van der Waals surface area contributed by atoms with Crippen LogP contribution in [0.25, 0.3) is 0 Å². The fourth-order valence-corrected chi connectivity index (χ4v) is 2.80. The van der Waals surface area contributed by atoms with Gasteiger partial charge in [0.25, 0.3) is 0 Å². The van der Waals surface area contributed by atoms with Gasteiger partial charge < -0.3 is 5.32 Å². The molecule has 1 aliphatic rings. The van der Waals surface area contributed by atoms with Crippen LogP contribution >= 0.6 is 22.6 Å². The van der Waals surface area contributed by atoms with Crippen molar-refractivity contribution in [2.75, 3.05) is 0 Å². The molecule has 3 heteroatoms. The van der Waals surface area contributed by atoms with Gasteiger partial charge in [0, 0.05) is 6.54 Å². The van der Waals surface area contributed by atoms with Crippen LogP contribution in [-0.2, 0) is 11.3 Å². The van der Waals surface area contributed by atoms with Crippen LogP contribution in [-0.4, -0.2) is 9.83 Å². The summed E-state index contributed by atoms with van der Waals surface area (Å²) in [4.78, 5) is 12.0. The van der Waals surface area contributed by atoms with Crippen LogP contribution in [0.3, 0.4) is 0 Å². The van der Waals surface area contributed by atoms with Gasteiger partial charge in [-0.1, -0.05) is 65.1 Å². The molecule has 0 unspecified atom stereocenters. The van der Waals surface area contributed by atoms with Crippen molar-refractivity contribution < 1.29 is 4.79 Å². The number of alkyl halides is 1. The van der Waals surface area contributed by atoms with Crippen LogP contribution in [0.1, 0.15) is 18.4 Å². The van der Waals surface area contributed by atoms with Crippen LogP contribution in [0.15, 0.2) is 42.5 Å². The third-order valence-electron chi connectivity index (χ3n) is 2.99. The van der Waals surface area contributed by atoms with E-state index in [1.807, 2.05) is 30.3 Å². The molecule has 0 aromatic heterocycles. The molecule has 1 aromatic carbocycles. The van der Waals surface area contributed by atoms with E-state index in [4.69, 9.17) is 0 Å². The van der Waals surface area contributed by atoms with E-state index in [-0.39, 0.29) is 9.83 Å². The molecule has 0 bridgehead atoms. The number of halogens is 1. The summed E-state index contributed by atoms with van der Waals surface area (Å²) in [6, 6.07) is 10.0. The fraction of sp³-hybridized carbons (Fsp3) is 0.357. The lowest BCUT2D eigenvalue weighted by Gasteiger charge is -2.15. The highest BCUT2D eigenvalue weighted by molar-refractivity contribution is 14.1. The molecular weight excluding hydrogens is 325 g/mol. The zero-order valence-electron chi connectivity index (χ0n) is 9.60. The third-order valence-corrected chi connectivity index (χ3v) is 4.48. The number of allylic oxidation sites excluding steroid dienone is 2. The number of benzene rings is 1. The second kappa shape index (κ2) is 6.19. The summed E-state index contributed by atoms with van der Waals surface area (Å²) in [6.45, 7) is 0.621. The van der Waals surface area contributed by atoms with Gasteiger partial charge >= 0.3 is 0 Å². The molecule has 2 atom stereocenters. The average Bonchev–Trinajstić information content (AvgIpc) is 2.90. The molecule has 1 amide bonds. The van der Waals surface area contributed by atoms with Gasteiger partial charge in [-0.25, -0.2) is 0 Å². The maximum absolute atomic E-state index is 12.0. The molecule has 0 fully saturated rings. The third kappa shape index (κ3) is 3.56. The molecule has 0 saturated heterocycles. The lowest BCUT2D eigenvalue weighted by atomic mass is 10.0. The highest BCUT2D eigenvalue weighted by Crippen LogP contribution is 2.26. The van der Waals surface area contributed by atoms with E-state index in [1.165, 1.54) is 0 Å². The molecule has 0 saturated carbocycles. The first kappa shape index (κ1) is 12.6. The number of carbonyl (C=O) groups is 1. The Kier molecular flexibility index (Phi) is 4.59. The van der Waals surface area contributed by atoms with Gasteiger partial charge in [-0.2, -0.15) is 0 Å². The second-order valence-electron chi connectivity index (χ2n) is 4.27. The van der Waals surface area contributed by atoms with Crippen molar-refractivity contribution in [2.45, 2.75) is 23.3 Å². The van der Waals surface area contributed by atoms with Gasteiger partial charge in [-0.05, 0) is 24.3 Å². The molecule has 17 heavy (non-hydrogen) atoms. The summed E-state index contributed by atoms with van der Waals surface area (Å²) in [6.07, 6.45) is 6.54. The topological polar surface area (TPSA) is 29.1 Å². The van der Waals surface area contributed by atoms with Crippen molar-refractivity contribution in [2.24, 2.45) is 5.92 Å². The molecule has 1 aliphatic carbocycles. The maximum Gasteiger partial charge on any atom is 0.233 e. The first-order valence-electron chi connectivity index (χ1n) is 5.90. The Morgan fingerprint density at radius 2 is 2.18 bits per heavy atom. The van der Waals surface area contributed by atoms with Gasteiger partial charge in [0.1, 0.15) is 0 Å². The minimum atomic E-state index is 0.0510. The smallest absolute Gasteiger partial charge is 0.233 e. The largest absolute Gasteiger partial charge is 0.351 e. The highest BCUT2D eigenvalue weighted by atomic mass is 127. The lowest BCUT2D eigenvalue weighted by molar-refractivity contribution is -0.120. The summed E-state index contributed by atoms with van der Waals surface area (Å²) in [5.41, 5.74) is 1.14. The van der Waals surface area contributed by atoms with Crippen molar-refractivity contribution in [3.8, 4) is 0 Å².